The van der Waals surface area contributed by atoms with E-state index in [1.54, 1.807) is 19.1 Å². The van der Waals surface area contributed by atoms with Gasteiger partial charge in [-0.15, -0.1) is 0 Å². The molecule has 3 rings (SSSR count). The van der Waals surface area contributed by atoms with E-state index in [0.29, 0.717) is 29.8 Å². The van der Waals surface area contributed by atoms with E-state index in [-0.39, 0.29) is 11.6 Å². The summed E-state index contributed by atoms with van der Waals surface area (Å²) in [6.45, 7) is 4.25. The summed E-state index contributed by atoms with van der Waals surface area (Å²) < 4.78 is 4.93. The minimum Gasteiger partial charge on any atom is -0.360 e. The Balaban J connectivity index is 1.64. The standard InChI is InChI=1S/C18H19N5O2/c1-12-10-15(17(24)22-16-11-13(2)25-23-16)21-18(20-12)19-9-8-14-6-4-3-5-7-14/h3-7,10-11H,8-9H2,1-2H3,(H,19,20,21)(H,22,23,24). The Morgan fingerprint density at radius 3 is 2.64 bits per heavy atom. The van der Waals surface area contributed by atoms with Gasteiger partial charge in [0.25, 0.3) is 5.91 Å². The molecular weight excluding hydrogens is 318 g/mol. The maximum absolute atomic E-state index is 12.3. The van der Waals surface area contributed by atoms with E-state index in [1.807, 2.05) is 25.1 Å². The van der Waals surface area contributed by atoms with Gasteiger partial charge >= 0.3 is 0 Å². The van der Waals surface area contributed by atoms with Gasteiger partial charge in [0.15, 0.2) is 5.82 Å². The molecule has 0 aliphatic rings. The van der Waals surface area contributed by atoms with Crippen LogP contribution >= 0.6 is 0 Å². The summed E-state index contributed by atoms with van der Waals surface area (Å²) in [5, 5.41) is 9.56. The number of aromatic nitrogens is 3. The summed E-state index contributed by atoms with van der Waals surface area (Å²) in [5.41, 5.74) is 2.20. The second-order valence-electron chi connectivity index (χ2n) is 5.66. The Morgan fingerprint density at radius 1 is 1.12 bits per heavy atom. The monoisotopic (exact) mass is 337 g/mol. The fourth-order valence-corrected chi connectivity index (χ4v) is 2.33. The zero-order valence-electron chi connectivity index (χ0n) is 14.1. The van der Waals surface area contributed by atoms with Gasteiger partial charge in [0.1, 0.15) is 11.5 Å². The smallest absolute Gasteiger partial charge is 0.275 e. The zero-order valence-corrected chi connectivity index (χ0v) is 14.1. The van der Waals surface area contributed by atoms with Gasteiger partial charge in [-0.1, -0.05) is 35.5 Å². The summed E-state index contributed by atoms with van der Waals surface area (Å²) in [6.07, 6.45) is 0.845. The lowest BCUT2D eigenvalue weighted by molar-refractivity contribution is 0.102. The summed E-state index contributed by atoms with van der Waals surface area (Å²) in [5.74, 6) is 1.05. The second-order valence-corrected chi connectivity index (χ2v) is 5.66. The molecule has 2 aromatic heterocycles. The highest BCUT2D eigenvalue weighted by Gasteiger charge is 2.12. The molecule has 128 valence electrons. The zero-order chi connectivity index (χ0) is 17.6. The lowest BCUT2D eigenvalue weighted by Crippen LogP contribution is -2.17. The number of nitrogens with zero attached hydrogens (tertiary/aromatic N) is 3. The molecule has 2 heterocycles. The molecule has 1 aromatic carbocycles. The van der Waals surface area contributed by atoms with Gasteiger partial charge in [-0.25, -0.2) is 9.97 Å². The van der Waals surface area contributed by atoms with Crippen molar-refractivity contribution in [2.24, 2.45) is 0 Å². The van der Waals surface area contributed by atoms with Gasteiger partial charge in [-0.05, 0) is 31.9 Å². The first-order valence-electron chi connectivity index (χ1n) is 7.98. The van der Waals surface area contributed by atoms with Crippen LogP contribution in [0.15, 0.2) is 47.0 Å². The molecular formula is C18H19N5O2. The minimum absolute atomic E-state index is 0.273. The van der Waals surface area contributed by atoms with Crippen LogP contribution in [0.4, 0.5) is 11.8 Å². The molecule has 0 radical (unpaired) electrons. The quantitative estimate of drug-likeness (QED) is 0.718. The van der Waals surface area contributed by atoms with Crippen LogP contribution in [0, 0.1) is 13.8 Å². The fourth-order valence-electron chi connectivity index (χ4n) is 2.33. The number of carbonyl (C=O) groups is 1. The highest BCUT2D eigenvalue weighted by molar-refractivity contribution is 6.02. The molecule has 0 spiro atoms. The number of carbonyl (C=O) groups excluding carboxylic acids is 1. The number of benzene rings is 1. The first kappa shape index (κ1) is 16.6. The van der Waals surface area contributed by atoms with Gasteiger partial charge in [-0.3, -0.25) is 4.79 Å². The fraction of sp³-hybridized carbons (Fsp3) is 0.222. The Bertz CT molecular complexity index is 861. The third-order valence-electron chi connectivity index (χ3n) is 3.50. The molecule has 0 saturated carbocycles. The van der Waals surface area contributed by atoms with E-state index < -0.39 is 0 Å². The maximum atomic E-state index is 12.3. The summed E-state index contributed by atoms with van der Waals surface area (Å²) in [6, 6.07) is 13.4. The molecule has 0 unspecified atom stereocenters. The third-order valence-corrected chi connectivity index (χ3v) is 3.50. The Kier molecular flexibility index (Phi) is 5.03. The van der Waals surface area contributed by atoms with Crippen LogP contribution in [-0.2, 0) is 6.42 Å². The number of hydrogen-bond acceptors (Lipinski definition) is 6. The average Bonchev–Trinajstić information content (AvgIpc) is 3.00. The largest absolute Gasteiger partial charge is 0.360 e. The van der Waals surface area contributed by atoms with Crippen molar-refractivity contribution < 1.29 is 9.32 Å². The van der Waals surface area contributed by atoms with Crippen LogP contribution in [0.2, 0.25) is 0 Å². The molecule has 7 heteroatoms. The number of hydrogen-bond donors (Lipinski definition) is 2. The van der Waals surface area contributed by atoms with Crippen molar-refractivity contribution in [2.45, 2.75) is 20.3 Å². The molecule has 7 nitrogen and oxygen atoms in total. The van der Waals surface area contributed by atoms with Gasteiger partial charge in [-0.2, -0.15) is 0 Å². The second kappa shape index (κ2) is 7.57. The van der Waals surface area contributed by atoms with E-state index in [2.05, 4.69) is 37.9 Å². The molecule has 0 fully saturated rings. The Morgan fingerprint density at radius 2 is 1.92 bits per heavy atom. The van der Waals surface area contributed by atoms with Crippen LogP contribution in [0.25, 0.3) is 0 Å². The van der Waals surface area contributed by atoms with Crippen LogP contribution in [0.5, 0.6) is 0 Å². The number of anilines is 2. The van der Waals surface area contributed by atoms with Gasteiger partial charge in [0.05, 0.1) is 0 Å². The van der Waals surface area contributed by atoms with Crippen LogP contribution < -0.4 is 10.6 Å². The normalized spacial score (nSPS) is 10.5. The van der Waals surface area contributed by atoms with Crippen LogP contribution in [0.3, 0.4) is 0 Å². The molecule has 25 heavy (non-hydrogen) atoms. The van der Waals surface area contributed by atoms with Gasteiger partial charge in [0.2, 0.25) is 5.95 Å². The number of amides is 1. The molecule has 1 amide bonds. The number of nitrogens with one attached hydrogen (secondary N) is 2. The lowest BCUT2D eigenvalue weighted by atomic mass is 10.1. The highest BCUT2D eigenvalue weighted by Crippen LogP contribution is 2.11. The van der Waals surface area contributed by atoms with Gasteiger partial charge in [0, 0.05) is 18.3 Å². The Hall–Kier alpha value is -3.22. The van der Waals surface area contributed by atoms with E-state index in [9.17, 15) is 4.79 Å². The van der Waals surface area contributed by atoms with E-state index in [1.165, 1.54) is 5.56 Å². The summed E-state index contributed by atoms with van der Waals surface area (Å²) >= 11 is 0. The van der Waals surface area contributed by atoms with Crippen molar-refractivity contribution >= 4 is 17.7 Å². The molecule has 0 atom stereocenters. The molecule has 0 aliphatic carbocycles. The highest BCUT2D eigenvalue weighted by atomic mass is 16.5. The molecule has 3 aromatic rings. The third kappa shape index (κ3) is 4.63. The van der Waals surface area contributed by atoms with Crippen molar-refractivity contribution in [3.8, 4) is 0 Å². The first-order valence-corrected chi connectivity index (χ1v) is 7.98. The van der Waals surface area contributed by atoms with Crippen LogP contribution in [-0.4, -0.2) is 27.6 Å². The van der Waals surface area contributed by atoms with Crippen molar-refractivity contribution in [1.29, 1.82) is 0 Å². The molecule has 2 N–H and O–H groups in total. The van der Waals surface area contributed by atoms with E-state index >= 15 is 0 Å². The Labute approximate surface area is 145 Å². The van der Waals surface area contributed by atoms with Crippen molar-refractivity contribution in [1.82, 2.24) is 15.1 Å². The van der Waals surface area contributed by atoms with E-state index in [4.69, 9.17) is 4.52 Å². The maximum Gasteiger partial charge on any atom is 0.275 e. The van der Waals surface area contributed by atoms with E-state index in [0.717, 1.165) is 6.42 Å². The summed E-state index contributed by atoms with van der Waals surface area (Å²) in [4.78, 5) is 20.9. The lowest BCUT2D eigenvalue weighted by Gasteiger charge is -2.08. The molecule has 0 bridgehead atoms. The topological polar surface area (TPSA) is 92.9 Å². The predicted molar refractivity (Wildman–Crippen MR) is 94.6 cm³/mol. The minimum atomic E-state index is -0.357. The van der Waals surface area contributed by atoms with Crippen LogP contribution in [0.1, 0.15) is 27.5 Å². The predicted octanol–water partition coefficient (Wildman–Crippen LogP) is 2.99. The van der Waals surface area contributed by atoms with Crippen molar-refractivity contribution in [3.63, 3.8) is 0 Å². The SMILES string of the molecule is Cc1cc(C(=O)Nc2cc(C)on2)nc(NCCc2ccccc2)n1. The van der Waals surface area contributed by atoms with Gasteiger partial charge < -0.3 is 15.2 Å². The molecule has 0 aliphatic heterocycles. The first-order chi connectivity index (χ1) is 12.1. The van der Waals surface area contributed by atoms with Crippen molar-refractivity contribution in [3.05, 3.63) is 65.2 Å². The molecule has 0 saturated heterocycles. The van der Waals surface area contributed by atoms with Crippen molar-refractivity contribution in [2.75, 3.05) is 17.2 Å². The average molecular weight is 337 g/mol. The summed E-state index contributed by atoms with van der Waals surface area (Å²) in [7, 11) is 0. The number of rotatable bonds is 6. The number of aryl methyl sites for hydroxylation is 2.